The van der Waals surface area contributed by atoms with E-state index in [-0.39, 0.29) is 18.9 Å². The number of hydrogen-bond acceptors (Lipinski definition) is 5. The zero-order valence-electron chi connectivity index (χ0n) is 18.1. The standard InChI is InChI=1S/C22H22F6N2O3S/c1-12-2-3-15-13(8-12)9-16(34-15)17(31)30-11-14(10-20(30)4-6-29-7-5-20)18(32)33-19(21(23,24)25)22(26,27)28/h2-3,8-9,14,19,29H,4-7,10-11H2,1H3. The second-order valence-electron chi connectivity index (χ2n) is 8.84. The Kier molecular flexibility index (Phi) is 6.34. The van der Waals surface area contributed by atoms with Crippen LogP contribution >= 0.6 is 11.3 Å². The first-order chi connectivity index (χ1) is 15.8. The van der Waals surface area contributed by atoms with Crippen LogP contribution in [0.5, 0.6) is 0 Å². The van der Waals surface area contributed by atoms with Crippen molar-refractivity contribution in [2.24, 2.45) is 5.92 Å². The average Bonchev–Trinajstić information content (AvgIpc) is 3.32. The molecule has 0 bridgehead atoms. The molecule has 186 valence electrons. The van der Waals surface area contributed by atoms with Crippen LogP contribution in [0.4, 0.5) is 26.3 Å². The molecule has 0 saturated carbocycles. The third kappa shape index (κ3) is 4.74. The second-order valence-corrected chi connectivity index (χ2v) is 9.93. The number of halogens is 6. The van der Waals surface area contributed by atoms with Crippen molar-refractivity contribution >= 4 is 33.3 Å². The molecule has 3 heterocycles. The van der Waals surface area contributed by atoms with Crippen molar-refractivity contribution in [3.05, 3.63) is 34.7 Å². The van der Waals surface area contributed by atoms with Gasteiger partial charge in [-0.3, -0.25) is 9.59 Å². The van der Waals surface area contributed by atoms with Crippen molar-refractivity contribution in [3.63, 3.8) is 0 Å². The molecule has 1 N–H and O–H groups in total. The molecule has 1 amide bonds. The molecular formula is C22H22F6N2O3S. The maximum absolute atomic E-state index is 13.5. The van der Waals surface area contributed by atoms with Gasteiger partial charge < -0.3 is 15.0 Å². The number of hydrogen-bond donors (Lipinski definition) is 1. The first-order valence-electron chi connectivity index (χ1n) is 10.7. The minimum Gasteiger partial charge on any atom is -0.442 e. The minimum absolute atomic E-state index is 0.0499. The number of carbonyl (C=O) groups is 2. The third-order valence-corrected chi connectivity index (χ3v) is 7.53. The van der Waals surface area contributed by atoms with Gasteiger partial charge in [-0.1, -0.05) is 17.7 Å². The van der Waals surface area contributed by atoms with Gasteiger partial charge in [0, 0.05) is 16.8 Å². The predicted octanol–water partition coefficient (Wildman–Crippen LogP) is 4.83. The lowest BCUT2D eigenvalue weighted by atomic mass is 9.83. The number of aryl methyl sites for hydroxylation is 1. The molecular weight excluding hydrogens is 486 g/mol. The van der Waals surface area contributed by atoms with Crippen LogP contribution in [0.3, 0.4) is 0 Å². The van der Waals surface area contributed by atoms with Crippen LogP contribution in [-0.2, 0) is 9.53 Å². The van der Waals surface area contributed by atoms with Crippen molar-refractivity contribution in [1.29, 1.82) is 0 Å². The molecule has 0 aliphatic carbocycles. The number of amides is 1. The van der Waals surface area contributed by atoms with Gasteiger partial charge in [0.1, 0.15) is 0 Å². The quantitative estimate of drug-likeness (QED) is 0.477. The van der Waals surface area contributed by atoms with E-state index < -0.39 is 35.9 Å². The van der Waals surface area contributed by atoms with Gasteiger partial charge >= 0.3 is 18.3 Å². The summed E-state index contributed by atoms with van der Waals surface area (Å²) in [7, 11) is 0. The largest absolute Gasteiger partial charge is 0.442 e. The van der Waals surface area contributed by atoms with Gasteiger partial charge in [-0.15, -0.1) is 11.3 Å². The van der Waals surface area contributed by atoms with Crippen LogP contribution in [0.2, 0.25) is 0 Å². The predicted molar refractivity (Wildman–Crippen MR) is 113 cm³/mol. The number of piperidine rings is 1. The van der Waals surface area contributed by atoms with Crippen LogP contribution in [0.15, 0.2) is 24.3 Å². The van der Waals surface area contributed by atoms with Crippen molar-refractivity contribution < 1.29 is 40.7 Å². The summed E-state index contributed by atoms with van der Waals surface area (Å²) in [6.45, 7) is 2.62. The lowest BCUT2D eigenvalue weighted by Gasteiger charge is -2.41. The van der Waals surface area contributed by atoms with Crippen LogP contribution in [-0.4, -0.2) is 60.4 Å². The van der Waals surface area contributed by atoms with E-state index >= 15 is 0 Å². The summed E-state index contributed by atoms with van der Waals surface area (Å²) in [5.74, 6) is -3.27. The number of carbonyl (C=O) groups excluding carboxylic acids is 2. The number of nitrogens with one attached hydrogen (secondary N) is 1. The van der Waals surface area contributed by atoms with E-state index in [9.17, 15) is 35.9 Å². The molecule has 2 saturated heterocycles. The summed E-state index contributed by atoms with van der Waals surface area (Å²) in [4.78, 5) is 27.8. The Bertz CT molecular complexity index is 1080. The normalized spacial score (nSPS) is 20.9. The zero-order valence-corrected chi connectivity index (χ0v) is 18.9. The molecule has 2 aliphatic rings. The fraction of sp³-hybridized carbons (Fsp3) is 0.545. The third-order valence-electron chi connectivity index (χ3n) is 6.43. The maximum atomic E-state index is 13.5. The van der Waals surface area contributed by atoms with Crippen LogP contribution < -0.4 is 5.32 Å². The van der Waals surface area contributed by atoms with Crippen molar-refractivity contribution in [3.8, 4) is 0 Å². The summed E-state index contributed by atoms with van der Waals surface area (Å²) in [6, 6.07) is 7.42. The van der Waals surface area contributed by atoms with Gasteiger partial charge in [0.05, 0.1) is 10.8 Å². The van der Waals surface area contributed by atoms with Gasteiger partial charge in [-0.2, -0.15) is 26.3 Å². The van der Waals surface area contributed by atoms with Gasteiger partial charge in [-0.05, 0) is 56.8 Å². The molecule has 1 unspecified atom stereocenters. The lowest BCUT2D eigenvalue weighted by Crippen LogP contribution is -2.53. The Morgan fingerprint density at radius 1 is 1.12 bits per heavy atom. The van der Waals surface area contributed by atoms with Gasteiger partial charge in [0.15, 0.2) is 0 Å². The molecule has 1 spiro atoms. The van der Waals surface area contributed by atoms with Crippen LogP contribution in [0.1, 0.15) is 34.5 Å². The van der Waals surface area contributed by atoms with E-state index in [4.69, 9.17) is 0 Å². The number of fused-ring (bicyclic) bond motifs is 1. The molecule has 1 aromatic carbocycles. The number of esters is 1. The molecule has 2 aliphatic heterocycles. The highest BCUT2D eigenvalue weighted by Crippen LogP contribution is 2.43. The number of thiophene rings is 1. The van der Waals surface area contributed by atoms with Crippen LogP contribution in [0, 0.1) is 12.8 Å². The fourth-order valence-corrected chi connectivity index (χ4v) is 5.79. The molecule has 2 fully saturated rings. The zero-order chi connectivity index (χ0) is 24.9. The topological polar surface area (TPSA) is 58.6 Å². The monoisotopic (exact) mass is 508 g/mol. The van der Waals surface area contributed by atoms with E-state index in [1.807, 2.05) is 25.1 Å². The van der Waals surface area contributed by atoms with Gasteiger partial charge in [0.25, 0.3) is 12.0 Å². The van der Waals surface area contributed by atoms with E-state index in [1.54, 1.807) is 6.07 Å². The summed E-state index contributed by atoms with van der Waals surface area (Å²) in [5.41, 5.74) is 0.163. The first kappa shape index (κ1) is 24.8. The van der Waals surface area contributed by atoms with Crippen molar-refractivity contribution in [2.45, 2.75) is 50.2 Å². The smallest absolute Gasteiger partial charge is 0.434 e. The van der Waals surface area contributed by atoms with Crippen molar-refractivity contribution in [1.82, 2.24) is 10.2 Å². The number of nitrogens with zero attached hydrogens (tertiary/aromatic N) is 1. The van der Waals surface area contributed by atoms with E-state index in [1.165, 1.54) is 16.2 Å². The highest BCUT2D eigenvalue weighted by Gasteiger charge is 2.61. The summed E-state index contributed by atoms with van der Waals surface area (Å²) in [6.07, 6.45) is -15.0. The molecule has 5 nitrogen and oxygen atoms in total. The molecule has 34 heavy (non-hydrogen) atoms. The lowest BCUT2D eigenvalue weighted by molar-refractivity contribution is -0.314. The second kappa shape index (κ2) is 8.71. The first-order valence-corrected chi connectivity index (χ1v) is 11.5. The fourth-order valence-electron chi connectivity index (χ4n) is 4.80. The Balaban J connectivity index is 1.60. The van der Waals surface area contributed by atoms with Gasteiger partial charge in [-0.25, -0.2) is 0 Å². The summed E-state index contributed by atoms with van der Waals surface area (Å²) < 4.78 is 82.2. The number of benzene rings is 1. The maximum Gasteiger partial charge on any atom is 0.434 e. The molecule has 0 radical (unpaired) electrons. The number of likely N-dealkylation sites (tertiary alicyclic amines) is 1. The van der Waals surface area contributed by atoms with E-state index in [2.05, 4.69) is 10.1 Å². The van der Waals surface area contributed by atoms with Gasteiger partial charge in [0.2, 0.25) is 0 Å². The van der Waals surface area contributed by atoms with E-state index in [0.717, 1.165) is 15.6 Å². The molecule has 1 atom stereocenters. The number of rotatable bonds is 3. The molecule has 4 rings (SSSR count). The Morgan fingerprint density at radius 2 is 1.76 bits per heavy atom. The van der Waals surface area contributed by atoms with Crippen molar-refractivity contribution in [2.75, 3.05) is 19.6 Å². The van der Waals surface area contributed by atoms with E-state index in [0.29, 0.717) is 30.8 Å². The Labute approximate surface area is 195 Å². The minimum atomic E-state index is -5.79. The highest BCUT2D eigenvalue weighted by molar-refractivity contribution is 7.20. The summed E-state index contributed by atoms with van der Waals surface area (Å²) in [5, 5.41) is 3.99. The SMILES string of the molecule is Cc1ccc2sc(C(=O)N3CC(C(=O)OC(C(F)(F)F)C(F)(F)F)CC34CCNCC4)cc2c1. The Hall–Kier alpha value is -2.34. The highest BCUT2D eigenvalue weighted by atomic mass is 32.1. The molecule has 12 heteroatoms. The summed E-state index contributed by atoms with van der Waals surface area (Å²) >= 11 is 1.25. The number of ether oxygens (including phenoxy) is 1. The van der Waals surface area contributed by atoms with Crippen LogP contribution in [0.25, 0.3) is 10.1 Å². The number of alkyl halides is 6. The average molecular weight is 508 g/mol. The molecule has 1 aromatic heterocycles. The Morgan fingerprint density at radius 3 is 2.38 bits per heavy atom. The molecule has 2 aromatic rings.